The Balaban J connectivity index is 1.40. The Bertz CT molecular complexity index is 1060. The molecule has 2 atom stereocenters. The number of ketones is 1. The quantitative estimate of drug-likeness (QED) is 0.612. The van der Waals surface area contributed by atoms with Gasteiger partial charge in [0.1, 0.15) is 5.01 Å². The van der Waals surface area contributed by atoms with Gasteiger partial charge < -0.3 is 10.6 Å². The highest BCUT2D eigenvalue weighted by molar-refractivity contribution is 7.17. The van der Waals surface area contributed by atoms with Crippen molar-refractivity contribution in [2.24, 2.45) is 5.92 Å². The lowest BCUT2D eigenvalue weighted by Crippen LogP contribution is -2.36. The number of aromatic nitrogens is 2. The third-order valence-electron chi connectivity index (χ3n) is 4.83. The van der Waals surface area contributed by atoms with E-state index < -0.39 is 5.92 Å². The van der Waals surface area contributed by atoms with Crippen LogP contribution in [0, 0.1) is 5.92 Å². The fraction of sp³-hybridized carbons (Fsp3) is 0.286. The summed E-state index contributed by atoms with van der Waals surface area (Å²) in [4.78, 5) is 46.7. The van der Waals surface area contributed by atoms with E-state index in [1.165, 1.54) is 22.7 Å². The van der Waals surface area contributed by atoms with Gasteiger partial charge in [-0.25, -0.2) is 9.97 Å². The molecule has 2 N–H and O–H groups in total. The maximum Gasteiger partial charge on any atom is 0.230 e. The predicted octanol–water partition coefficient (Wildman–Crippen LogP) is 3.40. The summed E-state index contributed by atoms with van der Waals surface area (Å²) in [6.07, 6.45) is 2.45. The lowest BCUT2D eigenvalue weighted by molar-refractivity contribution is -0.125. The van der Waals surface area contributed by atoms with Gasteiger partial charge in [0.25, 0.3) is 0 Å². The van der Waals surface area contributed by atoms with Crippen LogP contribution in [0.5, 0.6) is 0 Å². The first kappa shape index (κ1) is 20.4. The first-order chi connectivity index (χ1) is 14.5. The zero-order chi connectivity index (χ0) is 21.1. The molecule has 0 aliphatic heterocycles. The number of thiazole rings is 2. The molecule has 0 saturated heterocycles. The Kier molecular flexibility index (Phi) is 6.01. The molecule has 0 fully saturated rings. The largest absolute Gasteiger partial charge is 0.347 e. The van der Waals surface area contributed by atoms with E-state index in [-0.39, 0.29) is 36.5 Å². The van der Waals surface area contributed by atoms with Crippen molar-refractivity contribution in [3.63, 3.8) is 0 Å². The van der Waals surface area contributed by atoms with E-state index in [9.17, 15) is 14.4 Å². The number of rotatable bonds is 6. The molecule has 4 rings (SSSR count). The molecule has 154 valence electrons. The van der Waals surface area contributed by atoms with Crippen molar-refractivity contribution in [3.05, 3.63) is 63.1 Å². The highest BCUT2D eigenvalue weighted by Crippen LogP contribution is 2.32. The summed E-state index contributed by atoms with van der Waals surface area (Å²) >= 11 is 2.65. The fourth-order valence-corrected chi connectivity index (χ4v) is 4.96. The van der Waals surface area contributed by atoms with Crippen molar-refractivity contribution in [1.29, 1.82) is 0 Å². The highest BCUT2D eigenvalue weighted by atomic mass is 32.1. The summed E-state index contributed by atoms with van der Waals surface area (Å²) in [6.45, 7) is 1.87. The summed E-state index contributed by atoms with van der Waals surface area (Å²) in [5.74, 6) is -0.951. The maximum absolute atomic E-state index is 12.7. The Morgan fingerprint density at radius 1 is 1.23 bits per heavy atom. The Morgan fingerprint density at radius 2 is 2.03 bits per heavy atom. The summed E-state index contributed by atoms with van der Waals surface area (Å²) in [5, 5.41) is 8.78. The third-order valence-corrected chi connectivity index (χ3v) is 6.84. The van der Waals surface area contributed by atoms with E-state index in [0.717, 1.165) is 10.6 Å². The number of benzene rings is 1. The smallest absolute Gasteiger partial charge is 0.230 e. The van der Waals surface area contributed by atoms with E-state index in [1.54, 1.807) is 6.20 Å². The van der Waals surface area contributed by atoms with Gasteiger partial charge in [0.2, 0.25) is 11.8 Å². The van der Waals surface area contributed by atoms with Gasteiger partial charge in [0.15, 0.2) is 10.9 Å². The number of nitrogens with one attached hydrogen (secondary N) is 2. The van der Waals surface area contributed by atoms with E-state index in [0.29, 0.717) is 22.1 Å². The minimum absolute atomic E-state index is 0.112. The van der Waals surface area contributed by atoms with E-state index in [2.05, 4.69) is 20.6 Å². The number of Topliss-reactive ketones (excluding diaryl/α,β-unsaturated/α-hetero) is 1. The molecule has 0 saturated carbocycles. The second-order valence-electron chi connectivity index (χ2n) is 7.13. The van der Waals surface area contributed by atoms with Gasteiger partial charge in [-0.2, -0.15) is 0 Å². The van der Waals surface area contributed by atoms with E-state index >= 15 is 0 Å². The highest BCUT2D eigenvalue weighted by Gasteiger charge is 2.33. The monoisotopic (exact) mass is 440 g/mol. The van der Waals surface area contributed by atoms with Crippen LogP contribution < -0.4 is 10.6 Å². The van der Waals surface area contributed by atoms with Crippen molar-refractivity contribution >= 4 is 45.4 Å². The first-order valence-electron chi connectivity index (χ1n) is 9.56. The molecule has 7 nitrogen and oxygen atoms in total. The lowest BCUT2D eigenvalue weighted by Gasteiger charge is -2.21. The first-order valence-corrected chi connectivity index (χ1v) is 11.3. The molecular formula is C21H20N4O3S2. The lowest BCUT2D eigenvalue weighted by atomic mass is 9.89. The molecule has 30 heavy (non-hydrogen) atoms. The van der Waals surface area contributed by atoms with Gasteiger partial charge in [-0.1, -0.05) is 41.7 Å². The standard InChI is InChI=1S/C21H20N4O3S2/c1-12(20-22-7-8-29-20)23-19(28)14-10-15-18(16(26)11-14)30-21(24-15)25-17(27)9-13-5-3-2-4-6-13/h2-8,12,14H,9-11H2,1H3,(H,23,28)(H,24,25,27). The number of carbonyl (C=O) groups is 3. The van der Waals surface area contributed by atoms with Crippen LogP contribution in [0.25, 0.3) is 0 Å². The van der Waals surface area contributed by atoms with Crippen LogP contribution in [-0.2, 0) is 22.4 Å². The van der Waals surface area contributed by atoms with Crippen LogP contribution in [-0.4, -0.2) is 27.6 Å². The second-order valence-corrected chi connectivity index (χ2v) is 9.06. The number of hydrogen-bond donors (Lipinski definition) is 2. The fourth-order valence-electron chi connectivity index (χ4n) is 3.35. The average Bonchev–Trinajstić information content (AvgIpc) is 3.38. The zero-order valence-electron chi connectivity index (χ0n) is 16.3. The Labute approximate surface area is 181 Å². The van der Waals surface area contributed by atoms with Gasteiger partial charge >= 0.3 is 0 Å². The van der Waals surface area contributed by atoms with Gasteiger partial charge in [0.05, 0.1) is 29.0 Å². The van der Waals surface area contributed by atoms with Crippen molar-refractivity contribution in [2.45, 2.75) is 32.2 Å². The molecule has 2 amide bonds. The molecule has 3 aromatic rings. The van der Waals surface area contributed by atoms with Crippen LogP contribution >= 0.6 is 22.7 Å². The van der Waals surface area contributed by atoms with Gasteiger partial charge in [-0.3, -0.25) is 14.4 Å². The van der Waals surface area contributed by atoms with E-state index in [1.807, 2.05) is 42.6 Å². The number of fused-ring (bicyclic) bond motifs is 1. The van der Waals surface area contributed by atoms with Gasteiger partial charge in [-0.15, -0.1) is 11.3 Å². The summed E-state index contributed by atoms with van der Waals surface area (Å²) < 4.78 is 0. The maximum atomic E-state index is 12.7. The molecule has 0 radical (unpaired) electrons. The molecule has 0 bridgehead atoms. The molecule has 9 heteroatoms. The molecule has 0 spiro atoms. The molecule has 1 aliphatic rings. The summed E-state index contributed by atoms with van der Waals surface area (Å²) in [7, 11) is 0. The van der Waals surface area contributed by atoms with Crippen molar-refractivity contribution < 1.29 is 14.4 Å². The third kappa shape index (κ3) is 4.63. The number of nitrogens with zero attached hydrogens (tertiary/aromatic N) is 2. The molecule has 2 heterocycles. The van der Waals surface area contributed by atoms with Gasteiger partial charge in [-0.05, 0) is 12.5 Å². The summed E-state index contributed by atoms with van der Waals surface area (Å²) in [5.41, 5.74) is 1.48. The molecule has 2 unspecified atom stereocenters. The van der Waals surface area contributed by atoms with Crippen LogP contribution in [0.3, 0.4) is 0 Å². The van der Waals surface area contributed by atoms with Crippen molar-refractivity contribution in [3.8, 4) is 0 Å². The number of carbonyl (C=O) groups excluding carboxylic acids is 3. The minimum atomic E-state index is -0.470. The van der Waals surface area contributed by atoms with Gasteiger partial charge in [0, 0.05) is 24.4 Å². The number of anilines is 1. The van der Waals surface area contributed by atoms with Crippen LogP contribution in [0.2, 0.25) is 0 Å². The minimum Gasteiger partial charge on any atom is -0.347 e. The number of amides is 2. The summed E-state index contributed by atoms with van der Waals surface area (Å²) in [6, 6.07) is 9.20. The number of hydrogen-bond acceptors (Lipinski definition) is 7. The SMILES string of the molecule is CC(NC(=O)C1CC(=O)c2sc(NC(=O)Cc3ccccc3)nc2C1)c1nccs1. The zero-order valence-corrected chi connectivity index (χ0v) is 17.9. The van der Waals surface area contributed by atoms with Crippen molar-refractivity contribution in [2.75, 3.05) is 5.32 Å². The van der Waals surface area contributed by atoms with Crippen LogP contribution in [0.1, 0.15) is 45.3 Å². The average molecular weight is 441 g/mol. The van der Waals surface area contributed by atoms with Crippen LogP contribution in [0.4, 0.5) is 5.13 Å². The van der Waals surface area contributed by atoms with Crippen molar-refractivity contribution in [1.82, 2.24) is 15.3 Å². The second kappa shape index (κ2) is 8.85. The normalized spacial score (nSPS) is 16.6. The Hall–Kier alpha value is -2.91. The molecular weight excluding hydrogens is 420 g/mol. The molecule has 2 aromatic heterocycles. The Morgan fingerprint density at radius 3 is 2.77 bits per heavy atom. The predicted molar refractivity (Wildman–Crippen MR) is 116 cm³/mol. The molecule has 1 aliphatic carbocycles. The van der Waals surface area contributed by atoms with E-state index in [4.69, 9.17) is 0 Å². The topological polar surface area (TPSA) is 101 Å². The van der Waals surface area contributed by atoms with Crippen LogP contribution in [0.15, 0.2) is 41.9 Å². The molecule has 1 aromatic carbocycles.